The van der Waals surface area contributed by atoms with Gasteiger partial charge >= 0.3 is 0 Å². The first kappa shape index (κ1) is 15.6. The van der Waals surface area contributed by atoms with Crippen molar-refractivity contribution in [3.8, 4) is 5.75 Å². The lowest BCUT2D eigenvalue weighted by atomic mass is 10.2. The standard InChI is InChI=1S/C16H13BrClNO2/c1-2-8-21-13-5-3-4-12(10-13)19-16(20)14-9-11(17)6-7-15(14)18/h2-7,9-10H,1,8H2,(H,19,20). The van der Waals surface area contributed by atoms with Crippen LogP contribution in [0.4, 0.5) is 5.69 Å². The van der Waals surface area contributed by atoms with Gasteiger partial charge in [-0.2, -0.15) is 0 Å². The second-order valence-corrected chi connectivity index (χ2v) is 5.53. The number of ether oxygens (including phenoxy) is 1. The summed E-state index contributed by atoms with van der Waals surface area (Å²) >= 11 is 9.36. The van der Waals surface area contributed by atoms with E-state index in [4.69, 9.17) is 16.3 Å². The molecule has 2 rings (SSSR count). The lowest BCUT2D eigenvalue weighted by Crippen LogP contribution is -2.12. The maximum absolute atomic E-state index is 12.2. The number of anilines is 1. The quantitative estimate of drug-likeness (QED) is 0.763. The van der Waals surface area contributed by atoms with Crippen LogP contribution in [-0.2, 0) is 0 Å². The lowest BCUT2D eigenvalue weighted by molar-refractivity contribution is 0.102. The van der Waals surface area contributed by atoms with Crippen molar-refractivity contribution in [1.82, 2.24) is 0 Å². The molecule has 0 aliphatic heterocycles. The van der Waals surface area contributed by atoms with Crippen LogP contribution in [0.2, 0.25) is 5.02 Å². The minimum Gasteiger partial charge on any atom is -0.489 e. The molecule has 0 aromatic heterocycles. The molecule has 0 unspecified atom stereocenters. The average molecular weight is 367 g/mol. The normalized spacial score (nSPS) is 10.0. The molecule has 0 fully saturated rings. The average Bonchev–Trinajstić information content (AvgIpc) is 2.48. The van der Waals surface area contributed by atoms with Crippen LogP contribution < -0.4 is 10.1 Å². The van der Waals surface area contributed by atoms with Crippen molar-refractivity contribution in [1.29, 1.82) is 0 Å². The fraction of sp³-hybridized carbons (Fsp3) is 0.0625. The van der Waals surface area contributed by atoms with Gasteiger partial charge in [0, 0.05) is 16.2 Å². The number of nitrogens with one attached hydrogen (secondary N) is 1. The molecule has 1 amide bonds. The molecule has 5 heteroatoms. The Balaban J connectivity index is 2.15. The molecule has 0 atom stereocenters. The summed E-state index contributed by atoms with van der Waals surface area (Å²) in [5, 5.41) is 3.19. The number of hydrogen-bond donors (Lipinski definition) is 1. The third kappa shape index (κ3) is 4.34. The fourth-order valence-electron chi connectivity index (χ4n) is 1.69. The predicted octanol–water partition coefficient (Wildman–Crippen LogP) is 4.92. The largest absolute Gasteiger partial charge is 0.489 e. The summed E-state index contributed by atoms with van der Waals surface area (Å²) in [5.41, 5.74) is 1.04. The molecule has 0 saturated heterocycles. The van der Waals surface area contributed by atoms with Crippen molar-refractivity contribution in [3.63, 3.8) is 0 Å². The smallest absolute Gasteiger partial charge is 0.257 e. The summed E-state index contributed by atoms with van der Waals surface area (Å²) in [7, 11) is 0. The zero-order valence-corrected chi connectivity index (χ0v) is 13.4. The van der Waals surface area contributed by atoms with Crippen molar-refractivity contribution in [2.45, 2.75) is 0 Å². The zero-order valence-electron chi connectivity index (χ0n) is 11.1. The molecule has 108 valence electrons. The Morgan fingerprint density at radius 2 is 2.14 bits per heavy atom. The Hall–Kier alpha value is -1.78. The van der Waals surface area contributed by atoms with E-state index >= 15 is 0 Å². The van der Waals surface area contributed by atoms with Crippen molar-refractivity contribution in [2.75, 3.05) is 11.9 Å². The summed E-state index contributed by atoms with van der Waals surface area (Å²) in [4.78, 5) is 12.2. The Morgan fingerprint density at radius 1 is 1.33 bits per heavy atom. The number of hydrogen-bond acceptors (Lipinski definition) is 2. The molecule has 0 heterocycles. The van der Waals surface area contributed by atoms with Gasteiger partial charge < -0.3 is 10.1 Å². The summed E-state index contributed by atoms with van der Waals surface area (Å²) < 4.78 is 6.21. The first-order valence-electron chi connectivity index (χ1n) is 6.20. The van der Waals surface area contributed by atoms with Gasteiger partial charge in [0.1, 0.15) is 12.4 Å². The summed E-state index contributed by atoms with van der Waals surface area (Å²) in [6.07, 6.45) is 1.66. The van der Waals surface area contributed by atoms with Crippen molar-refractivity contribution >= 4 is 39.1 Å². The fourth-order valence-corrected chi connectivity index (χ4v) is 2.25. The van der Waals surface area contributed by atoms with Gasteiger partial charge in [0.05, 0.1) is 10.6 Å². The molecule has 21 heavy (non-hydrogen) atoms. The lowest BCUT2D eigenvalue weighted by Gasteiger charge is -2.09. The number of carbonyl (C=O) groups is 1. The van der Waals surface area contributed by atoms with E-state index in [1.165, 1.54) is 0 Å². The molecule has 2 aromatic carbocycles. The van der Waals surface area contributed by atoms with Crippen LogP contribution in [0.15, 0.2) is 59.6 Å². The highest BCUT2D eigenvalue weighted by Crippen LogP contribution is 2.23. The Bertz CT molecular complexity index is 673. The molecule has 3 nitrogen and oxygen atoms in total. The number of carbonyl (C=O) groups excluding carboxylic acids is 1. The number of benzene rings is 2. The van der Waals surface area contributed by atoms with Crippen LogP contribution >= 0.6 is 27.5 Å². The topological polar surface area (TPSA) is 38.3 Å². The molecule has 0 aliphatic carbocycles. The predicted molar refractivity (Wildman–Crippen MR) is 89.2 cm³/mol. The molecular weight excluding hydrogens is 354 g/mol. The molecular formula is C16H13BrClNO2. The van der Waals surface area contributed by atoms with Gasteiger partial charge in [-0.1, -0.05) is 46.3 Å². The van der Waals surface area contributed by atoms with Crippen molar-refractivity contribution in [3.05, 3.63) is 70.2 Å². The van der Waals surface area contributed by atoms with Gasteiger partial charge in [0.15, 0.2) is 0 Å². The third-order valence-electron chi connectivity index (χ3n) is 2.63. The minimum absolute atomic E-state index is 0.276. The van der Waals surface area contributed by atoms with Crippen LogP contribution in [0.5, 0.6) is 5.75 Å². The van der Waals surface area contributed by atoms with Gasteiger partial charge in [-0.3, -0.25) is 4.79 Å². The van der Waals surface area contributed by atoms with Crippen LogP contribution in [0.1, 0.15) is 10.4 Å². The molecule has 0 bridgehead atoms. The molecule has 0 saturated carbocycles. The monoisotopic (exact) mass is 365 g/mol. The SMILES string of the molecule is C=CCOc1cccc(NC(=O)c2cc(Br)ccc2Cl)c1. The van der Waals surface area contributed by atoms with Gasteiger partial charge in [-0.25, -0.2) is 0 Å². The van der Waals surface area contributed by atoms with Crippen LogP contribution in [0.25, 0.3) is 0 Å². The van der Waals surface area contributed by atoms with Gasteiger partial charge in [-0.05, 0) is 30.3 Å². The van der Waals surface area contributed by atoms with Gasteiger partial charge in [0.2, 0.25) is 0 Å². The Labute approximate surface area is 136 Å². The highest BCUT2D eigenvalue weighted by molar-refractivity contribution is 9.10. The molecule has 1 N–H and O–H groups in total. The second-order valence-electron chi connectivity index (χ2n) is 4.21. The van der Waals surface area contributed by atoms with E-state index in [-0.39, 0.29) is 5.91 Å². The van der Waals surface area contributed by atoms with Gasteiger partial charge in [-0.15, -0.1) is 0 Å². The summed E-state index contributed by atoms with van der Waals surface area (Å²) in [5.74, 6) is 0.384. The van der Waals surface area contributed by atoms with E-state index in [0.717, 1.165) is 4.47 Å². The minimum atomic E-state index is -0.276. The van der Waals surface area contributed by atoms with E-state index in [1.807, 2.05) is 6.07 Å². The van der Waals surface area contributed by atoms with E-state index in [0.29, 0.717) is 28.6 Å². The number of amides is 1. The Morgan fingerprint density at radius 3 is 2.90 bits per heavy atom. The van der Waals surface area contributed by atoms with Crippen LogP contribution in [0.3, 0.4) is 0 Å². The Kier molecular flexibility index (Phi) is 5.42. The zero-order chi connectivity index (χ0) is 15.2. The number of halogens is 2. The van der Waals surface area contributed by atoms with E-state index in [1.54, 1.807) is 42.5 Å². The molecule has 0 aliphatic rings. The highest BCUT2D eigenvalue weighted by atomic mass is 79.9. The van der Waals surface area contributed by atoms with Crippen LogP contribution in [0, 0.1) is 0 Å². The summed E-state index contributed by atoms with van der Waals surface area (Å²) in [6.45, 7) is 4.00. The first-order valence-corrected chi connectivity index (χ1v) is 7.37. The summed E-state index contributed by atoms with van der Waals surface area (Å²) in [6, 6.07) is 12.3. The van der Waals surface area contributed by atoms with Crippen LogP contribution in [-0.4, -0.2) is 12.5 Å². The third-order valence-corrected chi connectivity index (χ3v) is 3.46. The first-order chi connectivity index (χ1) is 10.1. The van der Waals surface area contributed by atoms with Crippen molar-refractivity contribution < 1.29 is 9.53 Å². The maximum Gasteiger partial charge on any atom is 0.257 e. The highest BCUT2D eigenvalue weighted by Gasteiger charge is 2.11. The van der Waals surface area contributed by atoms with E-state index in [2.05, 4.69) is 27.8 Å². The van der Waals surface area contributed by atoms with Crippen molar-refractivity contribution in [2.24, 2.45) is 0 Å². The number of rotatable bonds is 5. The second kappa shape index (κ2) is 7.29. The van der Waals surface area contributed by atoms with Gasteiger partial charge in [0.25, 0.3) is 5.91 Å². The molecule has 0 radical (unpaired) electrons. The van der Waals surface area contributed by atoms with E-state index < -0.39 is 0 Å². The molecule has 2 aromatic rings. The molecule has 0 spiro atoms. The maximum atomic E-state index is 12.2. The van der Waals surface area contributed by atoms with E-state index in [9.17, 15) is 4.79 Å².